The van der Waals surface area contributed by atoms with Gasteiger partial charge < -0.3 is 0 Å². The summed E-state index contributed by atoms with van der Waals surface area (Å²) in [5.74, 6) is -0.346. The minimum Gasteiger partial charge on any atom is -0.277 e. The van der Waals surface area contributed by atoms with Crippen molar-refractivity contribution in [3.63, 3.8) is 0 Å². The van der Waals surface area contributed by atoms with Crippen LogP contribution in [-0.2, 0) is 19.8 Å². The summed E-state index contributed by atoms with van der Waals surface area (Å²) >= 11 is 0. The van der Waals surface area contributed by atoms with Crippen molar-refractivity contribution in [3.8, 4) is 0 Å². The highest BCUT2D eigenvalue weighted by Gasteiger charge is 2.46. The Morgan fingerprint density at radius 2 is 1.42 bits per heavy atom. The van der Waals surface area contributed by atoms with Gasteiger partial charge in [0.1, 0.15) is 0 Å². The van der Waals surface area contributed by atoms with Crippen LogP contribution in [0, 0.1) is 0 Å². The van der Waals surface area contributed by atoms with Crippen molar-refractivity contribution in [2.45, 2.75) is 31.7 Å². The Hall–Kier alpha value is -0.990. The number of carbonyl (C=O) groups is 2. The van der Waals surface area contributed by atoms with Crippen LogP contribution in [0.25, 0.3) is 0 Å². The van der Waals surface area contributed by atoms with Crippen molar-refractivity contribution in [1.29, 1.82) is 0 Å². The van der Waals surface area contributed by atoms with Gasteiger partial charge in [-0.15, -0.1) is 0 Å². The molecule has 3 aliphatic rings. The van der Waals surface area contributed by atoms with E-state index >= 15 is 0 Å². The number of imide groups is 1. The third-order valence-electron chi connectivity index (χ3n) is 4.00. The summed E-state index contributed by atoms with van der Waals surface area (Å²) in [6.45, 7) is 1.64. The normalized spacial score (nSPS) is 27.3. The van der Waals surface area contributed by atoms with Crippen LogP contribution in [0.15, 0.2) is 0 Å². The van der Waals surface area contributed by atoms with Crippen LogP contribution in [0.4, 0.5) is 0 Å². The zero-order valence-corrected chi connectivity index (χ0v) is 11.4. The molecule has 0 saturated carbocycles. The van der Waals surface area contributed by atoms with E-state index in [4.69, 9.17) is 0 Å². The third kappa shape index (κ3) is 2.07. The first-order valence-corrected chi connectivity index (χ1v) is 8.00. The molecule has 0 aliphatic carbocycles. The molecule has 3 saturated heterocycles. The smallest absolute Gasteiger partial charge is 0.277 e. The molecule has 0 spiro atoms. The summed E-state index contributed by atoms with van der Waals surface area (Å²) in [6, 6.07) is -0.264. The van der Waals surface area contributed by atoms with E-state index in [1.807, 2.05) is 0 Å². The first-order valence-electron chi connectivity index (χ1n) is 6.60. The van der Waals surface area contributed by atoms with Crippen molar-refractivity contribution >= 4 is 22.0 Å². The molecule has 8 heteroatoms. The lowest BCUT2D eigenvalue weighted by atomic mass is 10.1. The van der Waals surface area contributed by atoms with Gasteiger partial charge in [0.2, 0.25) is 11.8 Å². The first-order chi connectivity index (χ1) is 9.00. The molecule has 3 heterocycles. The van der Waals surface area contributed by atoms with Crippen molar-refractivity contribution < 1.29 is 18.0 Å². The van der Waals surface area contributed by atoms with Gasteiger partial charge in [-0.3, -0.25) is 14.5 Å². The lowest BCUT2D eigenvalue weighted by Gasteiger charge is -2.43. The summed E-state index contributed by atoms with van der Waals surface area (Å²) in [5, 5.41) is 0. The van der Waals surface area contributed by atoms with E-state index in [0.29, 0.717) is 13.1 Å². The molecule has 19 heavy (non-hydrogen) atoms. The molecule has 3 fully saturated rings. The number of rotatable bonds is 3. The van der Waals surface area contributed by atoms with E-state index in [2.05, 4.69) is 0 Å². The van der Waals surface area contributed by atoms with Crippen LogP contribution in [0.3, 0.4) is 0 Å². The number of amides is 2. The largest absolute Gasteiger partial charge is 0.282 e. The average Bonchev–Trinajstić information content (AvgIpc) is 2.91. The lowest BCUT2D eigenvalue weighted by molar-refractivity contribution is -0.143. The molecular weight excluding hydrogens is 270 g/mol. The molecule has 0 N–H and O–H groups in total. The van der Waals surface area contributed by atoms with Gasteiger partial charge >= 0.3 is 0 Å². The molecule has 0 unspecified atom stereocenters. The molecule has 0 aromatic heterocycles. The molecule has 3 aliphatic heterocycles. The van der Waals surface area contributed by atoms with Gasteiger partial charge in [0.05, 0.1) is 6.04 Å². The Bertz CT molecular complexity index is 490. The lowest BCUT2D eigenvalue weighted by Crippen LogP contribution is -2.64. The number of carbonyl (C=O) groups excluding carboxylic acids is 2. The molecule has 7 nitrogen and oxygen atoms in total. The van der Waals surface area contributed by atoms with Crippen LogP contribution < -0.4 is 0 Å². The van der Waals surface area contributed by atoms with E-state index < -0.39 is 10.2 Å². The SMILES string of the molecule is O=C1CCC(=O)N1C1CN(S(=O)(=O)N2CCCC2)C1. The Balaban J connectivity index is 1.63. The Morgan fingerprint density at radius 1 is 0.895 bits per heavy atom. The zero-order valence-electron chi connectivity index (χ0n) is 10.6. The van der Waals surface area contributed by atoms with E-state index in [1.165, 1.54) is 13.5 Å². The second-order valence-corrected chi connectivity index (χ2v) is 7.17. The van der Waals surface area contributed by atoms with Gasteiger partial charge in [0.15, 0.2) is 0 Å². The molecule has 2 amide bonds. The molecule has 106 valence electrons. The fraction of sp³-hybridized carbons (Fsp3) is 0.818. The topological polar surface area (TPSA) is 78.0 Å². The van der Waals surface area contributed by atoms with Crippen LogP contribution in [-0.4, -0.2) is 66.0 Å². The average molecular weight is 287 g/mol. The van der Waals surface area contributed by atoms with Crippen LogP contribution >= 0.6 is 0 Å². The fourth-order valence-electron chi connectivity index (χ4n) is 2.85. The van der Waals surface area contributed by atoms with Gasteiger partial charge in [-0.25, -0.2) is 0 Å². The molecule has 0 radical (unpaired) electrons. The second-order valence-electron chi connectivity index (χ2n) is 5.24. The molecular formula is C11H17N3O4S. The van der Waals surface area contributed by atoms with Crippen molar-refractivity contribution in [2.24, 2.45) is 0 Å². The summed E-state index contributed by atoms with van der Waals surface area (Å²) in [6.07, 6.45) is 2.32. The maximum Gasteiger partial charge on any atom is 0.282 e. The number of hydrogen-bond donors (Lipinski definition) is 0. The van der Waals surface area contributed by atoms with Gasteiger partial charge in [-0.2, -0.15) is 17.0 Å². The highest BCUT2D eigenvalue weighted by atomic mass is 32.2. The van der Waals surface area contributed by atoms with Gasteiger partial charge in [0, 0.05) is 39.0 Å². The molecule has 0 atom stereocenters. The standard InChI is InChI=1S/C11H17N3O4S/c15-10-3-4-11(16)14(10)9-7-13(8-9)19(17,18)12-5-1-2-6-12/h9H,1-8H2. The Morgan fingerprint density at radius 3 is 1.95 bits per heavy atom. The van der Waals surface area contributed by atoms with E-state index in [1.54, 1.807) is 0 Å². The van der Waals surface area contributed by atoms with Crippen molar-refractivity contribution in [3.05, 3.63) is 0 Å². The molecule has 0 aromatic carbocycles. The molecule has 3 rings (SSSR count). The predicted molar refractivity (Wildman–Crippen MR) is 66.2 cm³/mol. The third-order valence-corrected chi connectivity index (χ3v) is 5.97. The zero-order chi connectivity index (χ0) is 13.6. The van der Waals surface area contributed by atoms with Crippen LogP contribution in [0.1, 0.15) is 25.7 Å². The van der Waals surface area contributed by atoms with Gasteiger partial charge in [0.25, 0.3) is 10.2 Å². The Labute approximate surface area is 112 Å². The molecule has 0 aromatic rings. The Kier molecular flexibility index (Phi) is 3.11. The number of likely N-dealkylation sites (tertiary alicyclic amines) is 1. The maximum atomic E-state index is 12.2. The van der Waals surface area contributed by atoms with E-state index in [0.717, 1.165) is 12.8 Å². The monoisotopic (exact) mass is 287 g/mol. The van der Waals surface area contributed by atoms with Gasteiger partial charge in [-0.1, -0.05) is 0 Å². The summed E-state index contributed by atoms with van der Waals surface area (Å²) in [4.78, 5) is 24.4. The molecule has 0 bridgehead atoms. The summed E-state index contributed by atoms with van der Waals surface area (Å²) in [5.41, 5.74) is 0. The van der Waals surface area contributed by atoms with E-state index in [-0.39, 0.29) is 43.8 Å². The van der Waals surface area contributed by atoms with Crippen LogP contribution in [0.2, 0.25) is 0 Å². The fourth-order valence-corrected chi connectivity index (χ4v) is 4.62. The van der Waals surface area contributed by atoms with E-state index in [9.17, 15) is 18.0 Å². The predicted octanol–water partition coefficient (Wildman–Crippen LogP) is -0.840. The number of hydrogen-bond acceptors (Lipinski definition) is 4. The second kappa shape index (κ2) is 4.53. The summed E-state index contributed by atoms with van der Waals surface area (Å²) < 4.78 is 27.3. The van der Waals surface area contributed by atoms with Crippen molar-refractivity contribution in [1.82, 2.24) is 13.5 Å². The van der Waals surface area contributed by atoms with Crippen molar-refractivity contribution in [2.75, 3.05) is 26.2 Å². The highest BCUT2D eigenvalue weighted by molar-refractivity contribution is 7.86. The minimum atomic E-state index is -3.38. The first kappa shape index (κ1) is 13.0. The minimum absolute atomic E-state index is 0.173. The highest BCUT2D eigenvalue weighted by Crippen LogP contribution is 2.27. The van der Waals surface area contributed by atoms with Crippen LogP contribution in [0.5, 0.6) is 0 Å². The number of nitrogens with zero attached hydrogens (tertiary/aromatic N) is 3. The summed E-state index contributed by atoms with van der Waals surface area (Å²) in [7, 11) is -3.38. The maximum absolute atomic E-state index is 12.2. The quantitative estimate of drug-likeness (QED) is 0.634. The van der Waals surface area contributed by atoms with Gasteiger partial charge in [-0.05, 0) is 12.8 Å².